The van der Waals surface area contributed by atoms with Gasteiger partial charge in [-0.25, -0.2) is 0 Å². The zero-order valence-electron chi connectivity index (χ0n) is 17.0. The van der Waals surface area contributed by atoms with Crippen molar-refractivity contribution in [2.75, 3.05) is 17.2 Å². The Morgan fingerprint density at radius 3 is 2.32 bits per heavy atom. The molecule has 0 saturated carbocycles. The molecule has 0 aliphatic heterocycles. The first-order valence-electron chi connectivity index (χ1n) is 9.49. The summed E-state index contributed by atoms with van der Waals surface area (Å²) in [6.07, 6.45) is 0. The third-order valence-corrected chi connectivity index (χ3v) is 4.70. The van der Waals surface area contributed by atoms with Gasteiger partial charge in [-0.1, -0.05) is 36.4 Å². The molecule has 0 unspecified atom stereocenters. The van der Waals surface area contributed by atoms with Crippen LogP contribution in [0.25, 0.3) is 0 Å². The first kappa shape index (κ1) is 21.5. The predicted octanol–water partition coefficient (Wildman–Crippen LogP) is 4.48. The van der Waals surface area contributed by atoms with E-state index in [-0.39, 0.29) is 28.6 Å². The average molecular weight is 419 g/mol. The summed E-state index contributed by atoms with van der Waals surface area (Å²) in [5.41, 5.74) is 2.24. The number of nitrogens with zero attached hydrogens (tertiary/aromatic N) is 1. The van der Waals surface area contributed by atoms with Crippen molar-refractivity contribution in [2.24, 2.45) is 0 Å². The van der Waals surface area contributed by atoms with E-state index >= 15 is 0 Å². The number of amides is 2. The Kier molecular flexibility index (Phi) is 6.61. The van der Waals surface area contributed by atoms with Gasteiger partial charge >= 0.3 is 0 Å². The zero-order chi connectivity index (χ0) is 22.4. The summed E-state index contributed by atoms with van der Waals surface area (Å²) in [6.45, 7) is 3.08. The Bertz CT molecular complexity index is 1130. The minimum absolute atomic E-state index is 0.133. The fourth-order valence-electron chi connectivity index (χ4n) is 2.93. The highest BCUT2D eigenvalue weighted by atomic mass is 16.6. The number of nitrogens with one attached hydrogen (secondary N) is 2. The second-order valence-electron chi connectivity index (χ2n) is 6.81. The summed E-state index contributed by atoms with van der Waals surface area (Å²) in [7, 11) is 0. The van der Waals surface area contributed by atoms with E-state index in [1.165, 1.54) is 6.07 Å². The number of benzene rings is 3. The van der Waals surface area contributed by atoms with Gasteiger partial charge in [0, 0.05) is 11.8 Å². The van der Waals surface area contributed by atoms with Gasteiger partial charge in [0.05, 0.1) is 10.5 Å². The van der Waals surface area contributed by atoms with Crippen LogP contribution in [0.4, 0.5) is 17.1 Å². The van der Waals surface area contributed by atoms with E-state index in [0.717, 1.165) is 5.56 Å². The molecule has 0 atom stereocenters. The van der Waals surface area contributed by atoms with Crippen LogP contribution in [0.3, 0.4) is 0 Å². The maximum absolute atomic E-state index is 12.6. The van der Waals surface area contributed by atoms with Gasteiger partial charge in [0.15, 0.2) is 6.61 Å². The first-order chi connectivity index (χ1) is 14.9. The summed E-state index contributed by atoms with van der Waals surface area (Å²) in [5, 5.41) is 16.6. The summed E-state index contributed by atoms with van der Waals surface area (Å²) in [6, 6.07) is 18.5. The molecule has 0 aliphatic rings. The number of carbonyl (C=O) groups excluding carboxylic acids is 2. The monoisotopic (exact) mass is 419 g/mol. The summed E-state index contributed by atoms with van der Waals surface area (Å²) in [4.78, 5) is 35.8. The van der Waals surface area contributed by atoms with Crippen molar-refractivity contribution < 1.29 is 19.2 Å². The Hall–Kier alpha value is -4.20. The molecule has 3 rings (SSSR count). The number of ether oxygens (including phenoxy) is 1. The number of hydrogen-bond acceptors (Lipinski definition) is 5. The minimum atomic E-state index is -0.574. The van der Waals surface area contributed by atoms with Crippen molar-refractivity contribution in [2.45, 2.75) is 13.8 Å². The van der Waals surface area contributed by atoms with Gasteiger partial charge in [0.1, 0.15) is 11.4 Å². The van der Waals surface area contributed by atoms with E-state index in [1.807, 2.05) is 6.07 Å². The lowest BCUT2D eigenvalue weighted by Gasteiger charge is -2.13. The Morgan fingerprint density at radius 1 is 0.935 bits per heavy atom. The molecule has 0 aromatic heterocycles. The molecule has 2 N–H and O–H groups in total. The Balaban J connectivity index is 1.71. The van der Waals surface area contributed by atoms with E-state index < -0.39 is 17.4 Å². The van der Waals surface area contributed by atoms with Crippen LogP contribution >= 0.6 is 0 Å². The lowest BCUT2D eigenvalue weighted by molar-refractivity contribution is -0.384. The molecule has 3 aromatic carbocycles. The van der Waals surface area contributed by atoms with Crippen LogP contribution in [0.1, 0.15) is 21.5 Å². The number of nitro groups is 1. The van der Waals surface area contributed by atoms with E-state index in [2.05, 4.69) is 10.6 Å². The molecule has 158 valence electrons. The van der Waals surface area contributed by atoms with Crippen molar-refractivity contribution in [3.8, 4) is 5.75 Å². The molecule has 2 amide bonds. The minimum Gasteiger partial charge on any atom is -0.483 e. The van der Waals surface area contributed by atoms with E-state index in [0.29, 0.717) is 11.3 Å². The van der Waals surface area contributed by atoms with Crippen LogP contribution < -0.4 is 15.4 Å². The second kappa shape index (κ2) is 9.53. The van der Waals surface area contributed by atoms with Gasteiger partial charge in [-0.2, -0.15) is 0 Å². The van der Waals surface area contributed by atoms with E-state index in [9.17, 15) is 19.7 Å². The highest BCUT2D eigenvalue weighted by Gasteiger charge is 2.20. The molecule has 8 nitrogen and oxygen atoms in total. The summed E-state index contributed by atoms with van der Waals surface area (Å²) in [5.74, 6) is -0.732. The van der Waals surface area contributed by atoms with Crippen LogP contribution in [-0.2, 0) is 4.79 Å². The summed E-state index contributed by atoms with van der Waals surface area (Å²) < 4.78 is 5.56. The SMILES string of the molecule is Cc1ccc([N+](=O)[O-])c(NC(=O)COc2ccccc2C(=O)Nc2ccccc2)c1C. The molecule has 3 aromatic rings. The fraction of sp³-hybridized carbons (Fsp3) is 0.130. The van der Waals surface area contributed by atoms with Gasteiger partial charge in [0.25, 0.3) is 17.5 Å². The largest absolute Gasteiger partial charge is 0.483 e. The normalized spacial score (nSPS) is 10.3. The van der Waals surface area contributed by atoms with Crippen LogP contribution in [-0.4, -0.2) is 23.3 Å². The van der Waals surface area contributed by atoms with Crippen LogP contribution in [0.2, 0.25) is 0 Å². The van der Waals surface area contributed by atoms with Gasteiger partial charge in [-0.15, -0.1) is 0 Å². The summed E-state index contributed by atoms with van der Waals surface area (Å²) >= 11 is 0. The third-order valence-electron chi connectivity index (χ3n) is 4.70. The van der Waals surface area contributed by atoms with Crippen LogP contribution in [0.15, 0.2) is 66.7 Å². The molecule has 0 bridgehead atoms. The maximum Gasteiger partial charge on any atom is 0.293 e. The molecular formula is C23H21N3O5. The standard InChI is InChI=1S/C23H21N3O5/c1-15-12-13-19(26(29)30)22(16(15)2)25-21(27)14-31-20-11-7-6-10-18(20)23(28)24-17-8-4-3-5-9-17/h3-13H,14H2,1-2H3,(H,24,28)(H,25,27). The number of hydrogen-bond donors (Lipinski definition) is 2. The third kappa shape index (κ3) is 5.24. The number of anilines is 2. The molecule has 0 spiro atoms. The fourth-order valence-corrected chi connectivity index (χ4v) is 2.93. The smallest absolute Gasteiger partial charge is 0.293 e. The topological polar surface area (TPSA) is 111 Å². The number of rotatable bonds is 7. The van der Waals surface area contributed by atoms with Crippen LogP contribution in [0, 0.1) is 24.0 Å². The zero-order valence-corrected chi connectivity index (χ0v) is 17.0. The highest BCUT2D eigenvalue weighted by Crippen LogP contribution is 2.30. The van der Waals surface area contributed by atoms with E-state index in [4.69, 9.17) is 4.74 Å². The highest BCUT2D eigenvalue weighted by molar-refractivity contribution is 6.06. The van der Waals surface area contributed by atoms with Crippen LogP contribution in [0.5, 0.6) is 5.75 Å². The van der Waals surface area contributed by atoms with Gasteiger partial charge in [-0.05, 0) is 49.2 Å². The molecule has 31 heavy (non-hydrogen) atoms. The van der Waals surface area contributed by atoms with Gasteiger partial charge in [0.2, 0.25) is 0 Å². The van der Waals surface area contributed by atoms with Crippen molar-refractivity contribution in [3.05, 3.63) is 93.5 Å². The first-order valence-corrected chi connectivity index (χ1v) is 9.49. The van der Waals surface area contributed by atoms with E-state index in [1.54, 1.807) is 68.4 Å². The number of carbonyl (C=O) groups is 2. The van der Waals surface area contributed by atoms with Crippen molar-refractivity contribution in [1.82, 2.24) is 0 Å². The van der Waals surface area contributed by atoms with Gasteiger partial charge < -0.3 is 15.4 Å². The lowest BCUT2D eigenvalue weighted by atomic mass is 10.1. The Labute approximate surface area is 179 Å². The second-order valence-corrected chi connectivity index (χ2v) is 6.81. The molecule has 0 aliphatic carbocycles. The maximum atomic E-state index is 12.6. The molecule has 8 heteroatoms. The molecule has 0 heterocycles. The van der Waals surface area contributed by atoms with Crippen molar-refractivity contribution in [3.63, 3.8) is 0 Å². The number of para-hydroxylation sites is 2. The quantitative estimate of drug-likeness (QED) is 0.433. The average Bonchev–Trinajstić information content (AvgIpc) is 2.76. The Morgan fingerprint density at radius 2 is 1.61 bits per heavy atom. The molecule has 0 radical (unpaired) electrons. The van der Waals surface area contributed by atoms with Crippen molar-refractivity contribution >= 4 is 28.9 Å². The predicted molar refractivity (Wildman–Crippen MR) is 118 cm³/mol. The molecule has 0 saturated heterocycles. The number of aryl methyl sites for hydroxylation is 1. The van der Waals surface area contributed by atoms with Gasteiger partial charge in [-0.3, -0.25) is 19.7 Å². The number of nitro benzene ring substituents is 1. The lowest BCUT2D eigenvalue weighted by Crippen LogP contribution is -2.22. The van der Waals surface area contributed by atoms with Crippen molar-refractivity contribution in [1.29, 1.82) is 0 Å². The molecule has 0 fully saturated rings. The molecular weight excluding hydrogens is 398 g/mol.